The number of hydrogen-bond acceptors (Lipinski definition) is 4. The first kappa shape index (κ1) is 16.7. The number of carbonyl (C=O) groups is 2. The van der Waals surface area contributed by atoms with Crippen LogP contribution in [0.1, 0.15) is 17.6 Å². The van der Waals surface area contributed by atoms with E-state index >= 15 is 0 Å². The van der Waals surface area contributed by atoms with Gasteiger partial charge in [-0.05, 0) is 6.42 Å². The first-order valence-electron chi connectivity index (χ1n) is 6.73. The minimum atomic E-state index is -4.63. The molecular formula is C13H15F3N2O3S. The zero-order chi connectivity index (χ0) is 16.5. The summed E-state index contributed by atoms with van der Waals surface area (Å²) in [6, 6.07) is 0. The van der Waals surface area contributed by atoms with Gasteiger partial charge in [0, 0.05) is 18.5 Å². The Bertz CT molecular complexity index is 573. The van der Waals surface area contributed by atoms with Crippen LogP contribution in [-0.4, -0.2) is 46.1 Å². The number of halogens is 3. The van der Waals surface area contributed by atoms with Gasteiger partial charge in [0.25, 0.3) is 0 Å². The van der Waals surface area contributed by atoms with Gasteiger partial charge >= 0.3 is 12.1 Å². The number of carbonyl (C=O) groups excluding carboxylic acids is 1. The third-order valence-electron chi connectivity index (χ3n) is 3.67. The molecule has 1 aliphatic heterocycles. The summed E-state index contributed by atoms with van der Waals surface area (Å²) in [7, 11) is 0. The lowest BCUT2D eigenvalue weighted by molar-refractivity contribution is -0.188. The van der Waals surface area contributed by atoms with Crippen LogP contribution in [0.5, 0.6) is 0 Å². The average Bonchev–Trinajstić information content (AvgIpc) is 3.03. The van der Waals surface area contributed by atoms with E-state index in [9.17, 15) is 22.8 Å². The lowest BCUT2D eigenvalue weighted by Gasteiger charge is -2.18. The number of thiazole rings is 1. The molecule has 0 spiro atoms. The van der Waals surface area contributed by atoms with Gasteiger partial charge in [-0.3, -0.25) is 9.59 Å². The second kappa shape index (κ2) is 6.23. The summed E-state index contributed by atoms with van der Waals surface area (Å²) in [5, 5.41) is 11.3. The van der Waals surface area contributed by atoms with E-state index in [2.05, 4.69) is 4.98 Å². The Morgan fingerprint density at radius 3 is 2.59 bits per heavy atom. The van der Waals surface area contributed by atoms with Crippen molar-refractivity contribution in [3.8, 4) is 0 Å². The first-order chi connectivity index (χ1) is 10.2. The molecule has 1 N–H and O–H groups in total. The lowest BCUT2D eigenvalue weighted by Crippen LogP contribution is -2.34. The van der Waals surface area contributed by atoms with E-state index in [-0.39, 0.29) is 6.42 Å². The highest BCUT2D eigenvalue weighted by molar-refractivity contribution is 7.09. The minimum Gasteiger partial charge on any atom is -0.481 e. The average molecular weight is 336 g/mol. The summed E-state index contributed by atoms with van der Waals surface area (Å²) in [4.78, 5) is 28.2. The predicted octanol–water partition coefficient (Wildman–Crippen LogP) is 1.97. The third kappa shape index (κ3) is 3.57. The topological polar surface area (TPSA) is 70.5 Å². The van der Waals surface area contributed by atoms with Crippen molar-refractivity contribution < 1.29 is 27.9 Å². The molecule has 122 valence electrons. The van der Waals surface area contributed by atoms with Gasteiger partial charge in [0.05, 0.1) is 24.0 Å². The summed E-state index contributed by atoms with van der Waals surface area (Å²) in [6.45, 7) is 0.891. The van der Waals surface area contributed by atoms with E-state index in [1.807, 2.05) is 6.92 Å². The van der Waals surface area contributed by atoms with Crippen LogP contribution in [0.15, 0.2) is 5.38 Å². The van der Waals surface area contributed by atoms with Crippen LogP contribution in [0.4, 0.5) is 13.2 Å². The van der Waals surface area contributed by atoms with Crippen molar-refractivity contribution in [2.45, 2.75) is 25.9 Å². The highest BCUT2D eigenvalue weighted by Gasteiger charge is 2.53. The number of likely N-dealkylation sites (tertiary alicyclic amines) is 1. The number of aromatic nitrogens is 1. The molecule has 1 aromatic rings. The maximum Gasteiger partial charge on any atom is 0.394 e. The Kier molecular flexibility index (Phi) is 4.74. The summed E-state index contributed by atoms with van der Waals surface area (Å²) < 4.78 is 38.6. The number of carboxylic acid groups (broad SMARTS) is 1. The maximum atomic E-state index is 12.9. The van der Waals surface area contributed by atoms with Gasteiger partial charge in [-0.1, -0.05) is 6.92 Å². The van der Waals surface area contributed by atoms with E-state index in [0.29, 0.717) is 11.4 Å². The lowest BCUT2D eigenvalue weighted by atomic mass is 9.96. The van der Waals surface area contributed by atoms with Gasteiger partial charge in [-0.25, -0.2) is 4.98 Å². The molecule has 22 heavy (non-hydrogen) atoms. The van der Waals surface area contributed by atoms with Crippen LogP contribution in [0.3, 0.4) is 0 Å². The van der Waals surface area contributed by atoms with Crippen molar-refractivity contribution in [3.63, 3.8) is 0 Å². The molecule has 0 bridgehead atoms. The molecule has 0 aliphatic carbocycles. The smallest absolute Gasteiger partial charge is 0.394 e. The highest BCUT2D eigenvalue weighted by Crippen LogP contribution is 2.37. The molecule has 5 nitrogen and oxygen atoms in total. The number of aryl methyl sites for hydroxylation is 1. The van der Waals surface area contributed by atoms with Gasteiger partial charge < -0.3 is 10.0 Å². The van der Waals surface area contributed by atoms with Crippen molar-refractivity contribution in [3.05, 3.63) is 16.1 Å². The van der Waals surface area contributed by atoms with Gasteiger partial charge in [0.1, 0.15) is 5.01 Å². The largest absolute Gasteiger partial charge is 0.481 e. The molecule has 0 radical (unpaired) electrons. The summed E-state index contributed by atoms with van der Waals surface area (Å²) >= 11 is 1.28. The number of aliphatic carboxylic acids is 1. The maximum absolute atomic E-state index is 12.9. The second-order valence-electron chi connectivity index (χ2n) is 5.15. The van der Waals surface area contributed by atoms with Gasteiger partial charge in [0.15, 0.2) is 0 Å². The molecule has 0 unspecified atom stereocenters. The molecule has 1 aliphatic rings. The fourth-order valence-corrected chi connectivity index (χ4v) is 3.29. The molecule has 1 fully saturated rings. The molecule has 2 rings (SSSR count). The van der Waals surface area contributed by atoms with Crippen molar-refractivity contribution >= 4 is 23.2 Å². The highest BCUT2D eigenvalue weighted by atomic mass is 32.1. The van der Waals surface area contributed by atoms with Crippen molar-refractivity contribution in [1.82, 2.24) is 9.88 Å². The van der Waals surface area contributed by atoms with Gasteiger partial charge in [0.2, 0.25) is 5.91 Å². The molecule has 0 aromatic carbocycles. The van der Waals surface area contributed by atoms with E-state index in [0.717, 1.165) is 10.6 Å². The molecule has 2 atom stereocenters. The molecule has 1 saturated heterocycles. The Labute approximate surface area is 128 Å². The van der Waals surface area contributed by atoms with E-state index in [1.165, 1.54) is 11.3 Å². The number of amides is 1. The summed E-state index contributed by atoms with van der Waals surface area (Å²) in [5.41, 5.74) is 0.825. The normalized spacial score (nSPS) is 22.1. The van der Waals surface area contributed by atoms with Gasteiger partial charge in [-0.2, -0.15) is 13.2 Å². The van der Waals surface area contributed by atoms with E-state index in [4.69, 9.17) is 5.11 Å². The monoisotopic (exact) mass is 336 g/mol. The van der Waals surface area contributed by atoms with Crippen LogP contribution in [-0.2, 0) is 22.4 Å². The zero-order valence-corrected chi connectivity index (χ0v) is 12.6. The van der Waals surface area contributed by atoms with Crippen molar-refractivity contribution in [1.29, 1.82) is 0 Å². The summed E-state index contributed by atoms with van der Waals surface area (Å²) in [6.07, 6.45) is -4.01. The molecule has 0 saturated carbocycles. The number of alkyl halides is 3. The standard InChI is InChI=1S/C13H15F3N2O3S/c1-2-7-6-22-10(17-7)3-11(19)18-4-8(12(20)21)9(5-18)13(14,15)16/h6,8-9H,2-5H2,1H3,(H,20,21)/t8-,9-/m1/s1. The SMILES string of the molecule is CCc1csc(CC(=O)N2C[C@@H](C(F)(F)F)[C@H](C(=O)O)C2)n1. The number of carboxylic acids is 1. The Morgan fingerprint density at radius 2 is 2.14 bits per heavy atom. The van der Waals surface area contributed by atoms with Crippen LogP contribution in [0.25, 0.3) is 0 Å². The van der Waals surface area contributed by atoms with Crippen LogP contribution in [0, 0.1) is 11.8 Å². The molecule has 2 heterocycles. The van der Waals surface area contributed by atoms with E-state index in [1.54, 1.807) is 5.38 Å². The van der Waals surface area contributed by atoms with Crippen LogP contribution in [0.2, 0.25) is 0 Å². The van der Waals surface area contributed by atoms with Crippen LogP contribution >= 0.6 is 11.3 Å². The molecule has 9 heteroatoms. The molecular weight excluding hydrogens is 321 g/mol. The minimum absolute atomic E-state index is 0.0957. The van der Waals surface area contributed by atoms with Crippen LogP contribution < -0.4 is 0 Å². The first-order valence-corrected chi connectivity index (χ1v) is 7.61. The number of rotatable bonds is 4. The Balaban J connectivity index is 2.06. The van der Waals surface area contributed by atoms with Gasteiger partial charge in [-0.15, -0.1) is 11.3 Å². The summed E-state index contributed by atoms with van der Waals surface area (Å²) in [5.74, 6) is -5.67. The molecule has 1 aromatic heterocycles. The van der Waals surface area contributed by atoms with Crippen molar-refractivity contribution in [2.75, 3.05) is 13.1 Å². The fourth-order valence-electron chi connectivity index (χ4n) is 2.42. The number of nitrogens with zero attached hydrogens (tertiary/aromatic N) is 2. The zero-order valence-electron chi connectivity index (χ0n) is 11.8. The quantitative estimate of drug-likeness (QED) is 0.913. The Hall–Kier alpha value is -1.64. The predicted molar refractivity (Wildman–Crippen MR) is 72.4 cm³/mol. The fraction of sp³-hybridized carbons (Fsp3) is 0.615. The third-order valence-corrected chi connectivity index (χ3v) is 4.57. The van der Waals surface area contributed by atoms with Crippen molar-refractivity contribution in [2.24, 2.45) is 11.8 Å². The number of hydrogen-bond donors (Lipinski definition) is 1. The Morgan fingerprint density at radius 1 is 1.45 bits per heavy atom. The molecule has 1 amide bonds. The van der Waals surface area contributed by atoms with E-state index < -0.39 is 43.0 Å². The second-order valence-corrected chi connectivity index (χ2v) is 6.10.